The van der Waals surface area contributed by atoms with Crippen LogP contribution in [-0.4, -0.2) is 29.5 Å². The number of hydrogen-bond acceptors (Lipinski definition) is 2. The van der Waals surface area contributed by atoms with E-state index in [1.165, 1.54) is 8.52 Å². The third-order valence-corrected chi connectivity index (χ3v) is 5.99. The van der Waals surface area contributed by atoms with Gasteiger partial charge in [0.15, 0.2) is 0 Å². The first-order valence-electron chi connectivity index (χ1n) is 7.75. The van der Waals surface area contributed by atoms with E-state index in [9.17, 15) is 0 Å². The molecule has 2 aliphatic rings. The standard InChI is InChI=1S/C20H13N3Se/c1-2-14-10-16-4-6-18(23-16)12-20-8-7-19(24-20)11-17-5-3-15(22-17)9-13(1)21-14/h1-12,21H. The van der Waals surface area contributed by atoms with Gasteiger partial charge in [0.1, 0.15) is 0 Å². The van der Waals surface area contributed by atoms with Crippen molar-refractivity contribution in [3.05, 3.63) is 71.3 Å². The Morgan fingerprint density at radius 2 is 1.04 bits per heavy atom. The maximum atomic E-state index is 4.68. The predicted molar refractivity (Wildman–Crippen MR) is 101 cm³/mol. The summed E-state index contributed by atoms with van der Waals surface area (Å²) < 4.78 is 2.68. The second-order valence-electron chi connectivity index (χ2n) is 5.78. The summed E-state index contributed by atoms with van der Waals surface area (Å²) in [6, 6.07) is 17.0. The molecule has 0 spiro atoms. The topological polar surface area (TPSA) is 41.6 Å². The molecule has 0 aromatic carbocycles. The van der Waals surface area contributed by atoms with E-state index in [0.29, 0.717) is 14.5 Å². The van der Waals surface area contributed by atoms with Crippen LogP contribution in [0.5, 0.6) is 0 Å². The predicted octanol–water partition coefficient (Wildman–Crippen LogP) is 4.38. The molecule has 4 heteroatoms. The number of H-pyrrole nitrogens is 1. The fourth-order valence-electron chi connectivity index (χ4n) is 2.84. The maximum absolute atomic E-state index is 4.68. The molecular formula is C20H13N3Se. The molecule has 0 saturated carbocycles. The molecule has 0 saturated heterocycles. The summed E-state index contributed by atoms with van der Waals surface area (Å²) in [6.45, 7) is 0. The monoisotopic (exact) mass is 375 g/mol. The summed E-state index contributed by atoms with van der Waals surface area (Å²) in [7, 11) is 0. The van der Waals surface area contributed by atoms with Gasteiger partial charge in [-0.2, -0.15) is 0 Å². The third-order valence-electron chi connectivity index (χ3n) is 3.93. The number of aromatic amines is 1. The first-order chi connectivity index (χ1) is 11.8. The normalized spacial score (nSPS) is 12.7. The van der Waals surface area contributed by atoms with Gasteiger partial charge in [0.25, 0.3) is 0 Å². The number of aromatic nitrogens is 3. The number of hydrogen-bond donors (Lipinski definition) is 1. The van der Waals surface area contributed by atoms with Crippen molar-refractivity contribution in [1.29, 1.82) is 0 Å². The van der Waals surface area contributed by atoms with E-state index in [1.54, 1.807) is 0 Å². The molecule has 8 bridgehead atoms. The van der Waals surface area contributed by atoms with Gasteiger partial charge in [-0.1, -0.05) is 0 Å². The Bertz CT molecular complexity index is 987. The van der Waals surface area contributed by atoms with Crippen molar-refractivity contribution in [3.63, 3.8) is 0 Å². The zero-order valence-electron chi connectivity index (χ0n) is 12.7. The SMILES string of the molecule is C1=Cc2cc3ccc(cc4nc(cc5ccc(cc1n2)[nH]5)C=C4)[se]3. The van der Waals surface area contributed by atoms with Crippen molar-refractivity contribution in [2.75, 3.05) is 0 Å². The van der Waals surface area contributed by atoms with Crippen molar-refractivity contribution in [3.8, 4) is 0 Å². The van der Waals surface area contributed by atoms with E-state index in [2.05, 4.69) is 87.8 Å². The Hall–Kier alpha value is -2.68. The van der Waals surface area contributed by atoms with Crippen LogP contribution in [0.15, 0.2) is 48.5 Å². The Balaban J connectivity index is 1.85. The summed E-state index contributed by atoms with van der Waals surface area (Å²) in [6.07, 6.45) is 8.26. The van der Waals surface area contributed by atoms with Crippen molar-refractivity contribution < 1.29 is 0 Å². The molecular weight excluding hydrogens is 361 g/mol. The first-order valence-corrected chi connectivity index (χ1v) is 9.47. The summed E-state index contributed by atoms with van der Waals surface area (Å²) in [4.78, 5) is 12.8. The van der Waals surface area contributed by atoms with Crippen LogP contribution in [-0.2, 0) is 0 Å². The van der Waals surface area contributed by atoms with E-state index >= 15 is 0 Å². The van der Waals surface area contributed by atoms with Crippen LogP contribution in [0, 0.1) is 0 Å². The van der Waals surface area contributed by atoms with Crippen molar-refractivity contribution in [2.24, 2.45) is 0 Å². The van der Waals surface area contributed by atoms with Crippen LogP contribution in [0.1, 0.15) is 22.8 Å². The van der Waals surface area contributed by atoms with Crippen molar-refractivity contribution in [2.45, 2.75) is 0 Å². The van der Waals surface area contributed by atoms with Crippen LogP contribution in [0.2, 0.25) is 0 Å². The summed E-state index contributed by atoms with van der Waals surface area (Å²) in [5.74, 6) is 0. The van der Waals surface area contributed by atoms with Gasteiger partial charge in [0, 0.05) is 0 Å². The Kier molecular flexibility index (Phi) is 3.12. The minimum atomic E-state index is 0.314. The van der Waals surface area contributed by atoms with Crippen LogP contribution in [0.3, 0.4) is 0 Å². The van der Waals surface area contributed by atoms with Crippen molar-refractivity contribution in [1.82, 2.24) is 15.0 Å². The molecule has 2 aliphatic heterocycles. The molecule has 0 unspecified atom stereocenters. The Morgan fingerprint density at radius 1 is 0.583 bits per heavy atom. The average molecular weight is 374 g/mol. The van der Waals surface area contributed by atoms with E-state index in [1.807, 2.05) is 0 Å². The zero-order valence-corrected chi connectivity index (χ0v) is 14.4. The Morgan fingerprint density at radius 3 is 1.54 bits per heavy atom. The van der Waals surface area contributed by atoms with Gasteiger partial charge >= 0.3 is 145 Å². The van der Waals surface area contributed by atoms with E-state index in [-0.39, 0.29) is 0 Å². The molecule has 3 aromatic rings. The van der Waals surface area contributed by atoms with E-state index in [4.69, 9.17) is 0 Å². The van der Waals surface area contributed by atoms with Crippen LogP contribution >= 0.6 is 0 Å². The molecule has 5 heterocycles. The van der Waals surface area contributed by atoms with Crippen LogP contribution in [0.25, 0.3) is 43.9 Å². The van der Waals surface area contributed by atoms with Crippen LogP contribution < -0.4 is 0 Å². The van der Waals surface area contributed by atoms with Crippen LogP contribution in [0.4, 0.5) is 0 Å². The molecule has 5 rings (SSSR count). The van der Waals surface area contributed by atoms with E-state index < -0.39 is 0 Å². The molecule has 3 nitrogen and oxygen atoms in total. The zero-order chi connectivity index (χ0) is 15.9. The van der Waals surface area contributed by atoms with Gasteiger partial charge in [-0.25, -0.2) is 0 Å². The first kappa shape index (κ1) is 13.7. The number of nitrogens with zero attached hydrogens (tertiary/aromatic N) is 2. The number of fused-ring (bicyclic) bond motifs is 8. The fourth-order valence-corrected chi connectivity index (χ4v) is 4.74. The van der Waals surface area contributed by atoms with Gasteiger partial charge in [-0.05, 0) is 0 Å². The third kappa shape index (κ3) is 2.67. The van der Waals surface area contributed by atoms with Gasteiger partial charge in [0.2, 0.25) is 0 Å². The molecule has 3 aromatic heterocycles. The number of nitrogens with one attached hydrogen (secondary N) is 1. The molecule has 0 radical (unpaired) electrons. The average Bonchev–Trinajstić information content (AvgIpc) is 3.32. The molecule has 24 heavy (non-hydrogen) atoms. The molecule has 0 aliphatic carbocycles. The number of rotatable bonds is 0. The van der Waals surface area contributed by atoms with Gasteiger partial charge in [-0.3, -0.25) is 0 Å². The molecule has 0 atom stereocenters. The minimum absolute atomic E-state index is 0.314. The van der Waals surface area contributed by atoms with Gasteiger partial charge < -0.3 is 0 Å². The summed E-state index contributed by atoms with van der Waals surface area (Å²) >= 11 is 0.314. The quantitative estimate of drug-likeness (QED) is 0.409. The van der Waals surface area contributed by atoms with Gasteiger partial charge in [-0.15, -0.1) is 0 Å². The fraction of sp³-hybridized carbons (Fsp3) is 0. The second-order valence-corrected chi connectivity index (χ2v) is 8.18. The van der Waals surface area contributed by atoms with Gasteiger partial charge in [0.05, 0.1) is 0 Å². The Labute approximate surface area is 144 Å². The summed E-state index contributed by atoms with van der Waals surface area (Å²) in [5.41, 5.74) is 6.07. The summed E-state index contributed by atoms with van der Waals surface area (Å²) in [5, 5.41) is 0. The van der Waals surface area contributed by atoms with E-state index in [0.717, 1.165) is 33.8 Å². The molecule has 114 valence electrons. The molecule has 0 fully saturated rings. The second kappa shape index (κ2) is 5.45. The molecule has 1 N–H and O–H groups in total. The van der Waals surface area contributed by atoms with Crippen molar-refractivity contribution >= 4 is 58.4 Å². The molecule has 0 amide bonds.